The Balaban J connectivity index is 2.08. The Kier molecular flexibility index (Phi) is 6.54. The highest BCUT2D eigenvalue weighted by molar-refractivity contribution is 7.84. The van der Waals surface area contributed by atoms with Crippen LogP contribution in [0.1, 0.15) is 33.1 Å². The van der Waals surface area contributed by atoms with E-state index in [0.717, 1.165) is 13.0 Å². The Hall–Kier alpha value is 0.0700. The molecule has 0 aromatic rings. The van der Waals surface area contributed by atoms with Crippen LogP contribution < -0.4 is 5.32 Å². The van der Waals surface area contributed by atoms with E-state index in [0.29, 0.717) is 11.3 Å². The molecule has 16 heavy (non-hydrogen) atoms. The van der Waals surface area contributed by atoms with E-state index in [1.54, 1.807) is 6.26 Å². The first-order valence-corrected chi connectivity index (χ1v) is 8.03. The topological polar surface area (TPSA) is 32.3 Å². The smallest absolute Gasteiger partial charge is 0.0329 e. The minimum atomic E-state index is -0.672. The monoisotopic (exact) mass is 246 g/mol. The van der Waals surface area contributed by atoms with Crippen molar-refractivity contribution in [3.05, 3.63) is 0 Å². The lowest BCUT2D eigenvalue weighted by Gasteiger charge is -2.31. The molecule has 2 unspecified atom stereocenters. The number of hydrogen-bond acceptors (Lipinski definition) is 3. The van der Waals surface area contributed by atoms with Gasteiger partial charge in [-0.2, -0.15) is 0 Å². The van der Waals surface area contributed by atoms with Crippen LogP contribution in [0.3, 0.4) is 0 Å². The van der Waals surface area contributed by atoms with Crippen molar-refractivity contribution in [1.82, 2.24) is 10.2 Å². The van der Waals surface area contributed by atoms with Gasteiger partial charge in [-0.1, -0.05) is 13.8 Å². The van der Waals surface area contributed by atoms with Gasteiger partial charge in [0.1, 0.15) is 0 Å². The van der Waals surface area contributed by atoms with Gasteiger partial charge in [0.25, 0.3) is 0 Å². The molecule has 0 aliphatic carbocycles. The molecule has 2 atom stereocenters. The highest BCUT2D eigenvalue weighted by atomic mass is 32.2. The molecule has 0 spiro atoms. The summed E-state index contributed by atoms with van der Waals surface area (Å²) in [5.74, 6) is 0. The Morgan fingerprint density at radius 2 is 2.06 bits per heavy atom. The standard InChI is InChI=1S/C12H26N2OS/c1-4-14-9-6-12(7-10-14)13-8-5-11(2)16(3)15/h11-13H,4-10H2,1-3H3. The van der Waals surface area contributed by atoms with Crippen LogP contribution in [0, 0.1) is 0 Å². The number of hydrogen-bond donors (Lipinski definition) is 1. The first kappa shape index (κ1) is 14.1. The summed E-state index contributed by atoms with van der Waals surface area (Å²) in [5, 5.41) is 3.91. The maximum absolute atomic E-state index is 11.2. The quantitative estimate of drug-likeness (QED) is 0.765. The molecule has 1 rings (SSSR count). The fraction of sp³-hybridized carbons (Fsp3) is 1.00. The summed E-state index contributed by atoms with van der Waals surface area (Å²) in [6.07, 6.45) is 5.34. The van der Waals surface area contributed by atoms with Crippen LogP contribution in [0.2, 0.25) is 0 Å². The summed E-state index contributed by atoms with van der Waals surface area (Å²) in [5.41, 5.74) is 0. The highest BCUT2D eigenvalue weighted by Crippen LogP contribution is 2.10. The fourth-order valence-corrected chi connectivity index (χ4v) is 2.56. The highest BCUT2D eigenvalue weighted by Gasteiger charge is 2.17. The van der Waals surface area contributed by atoms with Gasteiger partial charge in [0.2, 0.25) is 0 Å². The van der Waals surface area contributed by atoms with E-state index in [4.69, 9.17) is 0 Å². The number of nitrogens with zero attached hydrogens (tertiary/aromatic N) is 1. The summed E-state index contributed by atoms with van der Waals surface area (Å²) in [7, 11) is -0.672. The molecule has 0 saturated carbocycles. The molecule has 3 nitrogen and oxygen atoms in total. The second-order valence-electron chi connectivity index (χ2n) is 4.76. The van der Waals surface area contributed by atoms with Crippen LogP contribution in [0.25, 0.3) is 0 Å². The SMILES string of the molecule is CCN1CCC(NCCC(C)S(C)=O)CC1. The Morgan fingerprint density at radius 1 is 1.44 bits per heavy atom. The van der Waals surface area contributed by atoms with E-state index >= 15 is 0 Å². The third-order valence-electron chi connectivity index (χ3n) is 3.59. The molecule has 4 heteroatoms. The van der Waals surface area contributed by atoms with Gasteiger partial charge in [-0.15, -0.1) is 0 Å². The normalized spacial score (nSPS) is 23.2. The predicted octanol–water partition coefficient (Wildman–Crippen LogP) is 1.22. The van der Waals surface area contributed by atoms with Gasteiger partial charge < -0.3 is 10.2 Å². The van der Waals surface area contributed by atoms with Gasteiger partial charge >= 0.3 is 0 Å². The fourth-order valence-electron chi connectivity index (χ4n) is 2.11. The zero-order valence-corrected chi connectivity index (χ0v) is 11.7. The summed E-state index contributed by atoms with van der Waals surface area (Å²) in [6, 6.07) is 0.681. The Labute approximate surface area is 102 Å². The van der Waals surface area contributed by atoms with Gasteiger partial charge in [-0.3, -0.25) is 4.21 Å². The molecule has 0 radical (unpaired) electrons. The minimum absolute atomic E-state index is 0.322. The minimum Gasteiger partial charge on any atom is -0.314 e. The number of likely N-dealkylation sites (tertiary alicyclic amines) is 1. The molecule has 0 aromatic heterocycles. The van der Waals surface area contributed by atoms with Crippen LogP contribution in [0.15, 0.2) is 0 Å². The molecule has 0 aromatic carbocycles. The molecule has 0 bridgehead atoms. The van der Waals surface area contributed by atoms with Crippen LogP contribution in [-0.2, 0) is 10.8 Å². The van der Waals surface area contributed by atoms with Crippen molar-refractivity contribution < 1.29 is 4.21 Å². The van der Waals surface area contributed by atoms with Gasteiger partial charge in [0.05, 0.1) is 0 Å². The van der Waals surface area contributed by atoms with Gasteiger partial charge in [0.15, 0.2) is 0 Å². The van der Waals surface area contributed by atoms with Crippen LogP contribution in [-0.4, -0.2) is 52.8 Å². The van der Waals surface area contributed by atoms with Crippen LogP contribution in [0.5, 0.6) is 0 Å². The lowest BCUT2D eigenvalue weighted by Crippen LogP contribution is -2.43. The van der Waals surface area contributed by atoms with Crippen LogP contribution >= 0.6 is 0 Å². The van der Waals surface area contributed by atoms with Gasteiger partial charge in [-0.05, 0) is 45.4 Å². The van der Waals surface area contributed by atoms with E-state index in [2.05, 4.69) is 24.1 Å². The molecule has 1 heterocycles. The maximum atomic E-state index is 11.2. The van der Waals surface area contributed by atoms with Crippen LogP contribution in [0.4, 0.5) is 0 Å². The van der Waals surface area contributed by atoms with Gasteiger partial charge in [-0.25, -0.2) is 0 Å². The molecular formula is C12H26N2OS. The molecular weight excluding hydrogens is 220 g/mol. The average Bonchev–Trinajstić information content (AvgIpc) is 2.29. The summed E-state index contributed by atoms with van der Waals surface area (Å²) in [4.78, 5) is 2.50. The van der Waals surface area contributed by atoms with Crippen molar-refractivity contribution in [2.24, 2.45) is 0 Å². The molecule has 1 aliphatic rings. The molecule has 1 fully saturated rings. The average molecular weight is 246 g/mol. The molecule has 1 saturated heterocycles. The number of piperidine rings is 1. The predicted molar refractivity (Wildman–Crippen MR) is 71.3 cm³/mol. The Morgan fingerprint density at radius 3 is 2.56 bits per heavy atom. The van der Waals surface area contributed by atoms with Gasteiger partial charge in [0, 0.05) is 28.3 Å². The third-order valence-corrected chi connectivity index (χ3v) is 4.95. The lowest BCUT2D eigenvalue weighted by molar-refractivity contribution is 0.206. The number of rotatable bonds is 6. The largest absolute Gasteiger partial charge is 0.314 e. The third kappa shape index (κ3) is 4.93. The zero-order valence-electron chi connectivity index (χ0n) is 10.9. The van der Waals surface area contributed by atoms with E-state index in [-0.39, 0.29) is 0 Å². The second kappa shape index (κ2) is 7.41. The van der Waals surface area contributed by atoms with E-state index in [9.17, 15) is 4.21 Å². The van der Waals surface area contributed by atoms with Crippen molar-refractivity contribution in [2.45, 2.75) is 44.4 Å². The van der Waals surface area contributed by atoms with Crippen molar-refractivity contribution in [3.8, 4) is 0 Å². The Bertz CT molecular complexity index is 215. The van der Waals surface area contributed by atoms with Crippen molar-refractivity contribution in [2.75, 3.05) is 32.4 Å². The van der Waals surface area contributed by atoms with Crippen molar-refractivity contribution in [1.29, 1.82) is 0 Å². The summed E-state index contributed by atoms with van der Waals surface area (Å²) < 4.78 is 11.2. The lowest BCUT2D eigenvalue weighted by atomic mass is 10.1. The second-order valence-corrected chi connectivity index (χ2v) is 6.56. The van der Waals surface area contributed by atoms with E-state index < -0.39 is 10.8 Å². The van der Waals surface area contributed by atoms with E-state index in [1.807, 2.05) is 0 Å². The van der Waals surface area contributed by atoms with Crippen molar-refractivity contribution >= 4 is 10.8 Å². The summed E-state index contributed by atoms with van der Waals surface area (Å²) >= 11 is 0. The summed E-state index contributed by atoms with van der Waals surface area (Å²) in [6.45, 7) is 8.94. The van der Waals surface area contributed by atoms with Crippen molar-refractivity contribution in [3.63, 3.8) is 0 Å². The first-order valence-electron chi connectivity index (χ1n) is 6.41. The number of nitrogens with one attached hydrogen (secondary N) is 1. The molecule has 1 N–H and O–H groups in total. The maximum Gasteiger partial charge on any atom is 0.0329 e. The van der Waals surface area contributed by atoms with E-state index in [1.165, 1.54) is 32.5 Å². The first-order chi connectivity index (χ1) is 7.63. The molecule has 1 aliphatic heterocycles. The zero-order chi connectivity index (χ0) is 12.0. The molecule has 96 valence electrons. The molecule has 0 amide bonds.